The summed E-state index contributed by atoms with van der Waals surface area (Å²) in [6, 6.07) is 1.98. The summed E-state index contributed by atoms with van der Waals surface area (Å²) in [5.74, 6) is 0.878. The number of rotatable bonds is 3. The zero-order valence-corrected chi connectivity index (χ0v) is 11.4. The summed E-state index contributed by atoms with van der Waals surface area (Å²) in [5, 5.41) is 3.43. The molecule has 0 aromatic carbocycles. The van der Waals surface area contributed by atoms with E-state index in [1.54, 1.807) is 6.20 Å². The third-order valence-electron chi connectivity index (χ3n) is 2.89. The Kier molecular flexibility index (Phi) is 3.33. The molecule has 15 heavy (non-hydrogen) atoms. The van der Waals surface area contributed by atoms with Crippen molar-refractivity contribution in [2.75, 3.05) is 11.9 Å². The van der Waals surface area contributed by atoms with Crippen LogP contribution >= 0.6 is 31.9 Å². The average Bonchev–Trinajstić information content (AvgIpc) is 2.14. The number of pyridine rings is 1. The Morgan fingerprint density at radius 1 is 1.47 bits per heavy atom. The first-order chi connectivity index (χ1) is 7.15. The minimum absolute atomic E-state index is 0.0728. The SMILES string of the molecule is NCC1(Nc2ncc(Br)cc2Br)CCC1. The molecular weight excluding hydrogens is 322 g/mol. The molecule has 1 saturated carbocycles. The quantitative estimate of drug-likeness (QED) is 0.893. The highest BCUT2D eigenvalue weighted by atomic mass is 79.9. The van der Waals surface area contributed by atoms with Crippen LogP contribution in [-0.4, -0.2) is 17.1 Å². The van der Waals surface area contributed by atoms with E-state index in [1.165, 1.54) is 6.42 Å². The molecule has 0 bridgehead atoms. The number of hydrogen-bond donors (Lipinski definition) is 2. The number of nitrogens with zero attached hydrogens (tertiary/aromatic N) is 1. The van der Waals surface area contributed by atoms with Gasteiger partial charge in [-0.1, -0.05) is 0 Å². The Morgan fingerprint density at radius 3 is 2.67 bits per heavy atom. The van der Waals surface area contributed by atoms with Crippen molar-refractivity contribution in [1.29, 1.82) is 0 Å². The van der Waals surface area contributed by atoms with Crippen molar-refractivity contribution < 1.29 is 0 Å². The number of nitrogens with one attached hydrogen (secondary N) is 1. The van der Waals surface area contributed by atoms with Crippen LogP contribution in [-0.2, 0) is 0 Å². The Hall–Kier alpha value is -0.130. The van der Waals surface area contributed by atoms with Crippen molar-refractivity contribution in [2.45, 2.75) is 24.8 Å². The van der Waals surface area contributed by atoms with Gasteiger partial charge in [0.15, 0.2) is 0 Å². The molecule has 0 aliphatic heterocycles. The van der Waals surface area contributed by atoms with Gasteiger partial charge in [0.05, 0.1) is 10.0 Å². The smallest absolute Gasteiger partial charge is 0.140 e. The fraction of sp³-hybridized carbons (Fsp3) is 0.500. The Bertz CT molecular complexity index is 358. The zero-order valence-electron chi connectivity index (χ0n) is 8.26. The van der Waals surface area contributed by atoms with Crippen LogP contribution in [0.5, 0.6) is 0 Å². The van der Waals surface area contributed by atoms with E-state index in [4.69, 9.17) is 5.73 Å². The van der Waals surface area contributed by atoms with Crippen LogP contribution in [0.1, 0.15) is 19.3 Å². The summed E-state index contributed by atoms with van der Waals surface area (Å²) >= 11 is 6.87. The fourth-order valence-corrected chi connectivity index (χ4v) is 2.83. The van der Waals surface area contributed by atoms with E-state index in [0.29, 0.717) is 6.54 Å². The number of hydrogen-bond acceptors (Lipinski definition) is 3. The van der Waals surface area contributed by atoms with E-state index in [-0.39, 0.29) is 5.54 Å². The van der Waals surface area contributed by atoms with Crippen LogP contribution in [0.4, 0.5) is 5.82 Å². The van der Waals surface area contributed by atoms with Crippen molar-refractivity contribution in [1.82, 2.24) is 4.98 Å². The number of nitrogens with two attached hydrogens (primary N) is 1. The van der Waals surface area contributed by atoms with Gasteiger partial charge < -0.3 is 11.1 Å². The lowest BCUT2D eigenvalue weighted by Crippen LogP contribution is -2.51. The largest absolute Gasteiger partial charge is 0.362 e. The van der Waals surface area contributed by atoms with Gasteiger partial charge in [0.1, 0.15) is 5.82 Å². The van der Waals surface area contributed by atoms with Crippen LogP contribution in [0.15, 0.2) is 21.2 Å². The summed E-state index contributed by atoms with van der Waals surface area (Å²) in [4.78, 5) is 4.33. The lowest BCUT2D eigenvalue weighted by Gasteiger charge is -2.42. The number of halogens is 2. The molecule has 1 aliphatic rings. The van der Waals surface area contributed by atoms with Gasteiger partial charge in [0.25, 0.3) is 0 Å². The average molecular weight is 335 g/mol. The molecule has 1 aliphatic carbocycles. The van der Waals surface area contributed by atoms with Crippen LogP contribution in [0.3, 0.4) is 0 Å². The van der Waals surface area contributed by atoms with Crippen molar-refractivity contribution in [3.05, 3.63) is 21.2 Å². The lowest BCUT2D eigenvalue weighted by molar-refractivity contribution is 0.286. The molecule has 1 aromatic rings. The van der Waals surface area contributed by atoms with Gasteiger partial charge in [-0.25, -0.2) is 4.98 Å². The molecule has 82 valence electrons. The lowest BCUT2D eigenvalue weighted by atomic mass is 9.77. The Balaban J connectivity index is 2.16. The summed E-state index contributed by atoms with van der Waals surface area (Å²) in [7, 11) is 0. The highest BCUT2D eigenvalue weighted by Crippen LogP contribution is 2.36. The molecule has 3 N–H and O–H groups in total. The van der Waals surface area contributed by atoms with E-state index < -0.39 is 0 Å². The third kappa shape index (κ3) is 2.34. The molecule has 5 heteroatoms. The molecule has 0 unspecified atom stereocenters. The van der Waals surface area contributed by atoms with E-state index >= 15 is 0 Å². The van der Waals surface area contributed by atoms with Crippen molar-refractivity contribution in [2.24, 2.45) is 5.73 Å². The normalized spacial score (nSPS) is 18.3. The van der Waals surface area contributed by atoms with Crippen LogP contribution < -0.4 is 11.1 Å². The van der Waals surface area contributed by atoms with Crippen molar-refractivity contribution >= 4 is 37.7 Å². The Morgan fingerprint density at radius 2 is 2.20 bits per heavy atom. The molecule has 1 fully saturated rings. The van der Waals surface area contributed by atoms with Gasteiger partial charge in [0, 0.05) is 17.2 Å². The first-order valence-electron chi connectivity index (χ1n) is 4.94. The summed E-state index contributed by atoms with van der Waals surface area (Å²) in [5.41, 5.74) is 5.85. The molecule has 3 nitrogen and oxygen atoms in total. The van der Waals surface area contributed by atoms with Gasteiger partial charge in [-0.05, 0) is 57.2 Å². The molecular formula is C10H13Br2N3. The predicted molar refractivity (Wildman–Crippen MR) is 68.9 cm³/mol. The van der Waals surface area contributed by atoms with Crippen LogP contribution in [0.2, 0.25) is 0 Å². The van der Waals surface area contributed by atoms with Gasteiger partial charge in [-0.2, -0.15) is 0 Å². The third-order valence-corrected chi connectivity index (χ3v) is 3.93. The Labute approximate surface area is 106 Å². The molecule has 0 atom stereocenters. The predicted octanol–water partition coefficient (Wildman–Crippen LogP) is 2.90. The van der Waals surface area contributed by atoms with Crippen molar-refractivity contribution in [3.63, 3.8) is 0 Å². The van der Waals surface area contributed by atoms with Crippen molar-refractivity contribution in [3.8, 4) is 0 Å². The first kappa shape index (κ1) is 11.4. The monoisotopic (exact) mass is 333 g/mol. The molecule has 0 saturated heterocycles. The van der Waals surface area contributed by atoms with E-state index in [9.17, 15) is 0 Å². The van der Waals surface area contributed by atoms with Gasteiger partial charge in [0.2, 0.25) is 0 Å². The van der Waals surface area contributed by atoms with Crippen LogP contribution in [0.25, 0.3) is 0 Å². The molecule has 0 radical (unpaired) electrons. The maximum absolute atomic E-state index is 5.78. The van der Waals surface area contributed by atoms with Crippen LogP contribution in [0, 0.1) is 0 Å². The van der Waals surface area contributed by atoms with Gasteiger partial charge in [-0.3, -0.25) is 0 Å². The second kappa shape index (κ2) is 4.39. The molecule has 0 spiro atoms. The summed E-state index contributed by atoms with van der Waals surface area (Å²) < 4.78 is 1.94. The topological polar surface area (TPSA) is 50.9 Å². The second-order valence-electron chi connectivity index (χ2n) is 3.95. The highest BCUT2D eigenvalue weighted by molar-refractivity contribution is 9.11. The second-order valence-corrected chi connectivity index (χ2v) is 5.72. The standard InChI is InChI=1S/C10H13Br2N3/c11-7-4-8(12)9(14-5-7)15-10(6-13)2-1-3-10/h4-5H,1-3,6,13H2,(H,14,15). The molecule has 0 amide bonds. The van der Waals surface area contributed by atoms with E-state index in [0.717, 1.165) is 27.6 Å². The minimum atomic E-state index is 0.0728. The van der Waals surface area contributed by atoms with Gasteiger partial charge in [-0.15, -0.1) is 0 Å². The summed E-state index contributed by atoms with van der Waals surface area (Å²) in [6.07, 6.45) is 5.30. The highest BCUT2D eigenvalue weighted by Gasteiger charge is 2.36. The fourth-order valence-electron chi connectivity index (χ4n) is 1.74. The van der Waals surface area contributed by atoms with E-state index in [1.807, 2.05) is 6.07 Å². The maximum atomic E-state index is 5.78. The molecule has 1 heterocycles. The zero-order chi connectivity index (χ0) is 10.9. The first-order valence-corrected chi connectivity index (χ1v) is 6.53. The number of anilines is 1. The van der Waals surface area contributed by atoms with Gasteiger partial charge >= 0.3 is 0 Å². The van der Waals surface area contributed by atoms with E-state index in [2.05, 4.69) is 42.2 Å². The molecule has 1 aromatic heterocycles. The maximum Gasteiger partial charge on any atom is 0.140 e. The minimum Gasteiger partial charge on any atom is -0.362 e. The number of aromatic nitrogens is 1. The molecule has 2 rings (SSSR count). The summed E-state index contributed by atoms with van der Waals surface area (Å²) in [6.45, 7) is 0.664.